The molecule has 3 unspecified atom stereocenters. The number of nitrogens with one attached hydrogen (secondary N) is 1. The number of unbranched alkanes of at least 4 members (excludes halogenated alkanes) is 34. The number of quaternary nitrogens is 1. The molecule has 432 valence electrons. The molecule has 1 amide bonds. The summed E-state index contributed by atoms with van der Waals surface area (Å²) in [5, 5.41) is 13.9. The number of aliphatic hydroxyl groups is 1. The third kappa shape index (κ3) is 57.6. The third-order valence-electron chi connectivity index (χ3n) is 13.9. The van der Waals surface area contributed by atoms with E-state index < -0.39 is 26.6 Å². The summed E-state index contributed by atoms with van der Waals surface area (Å²) in [5.74, 6) is -0.205. The molecular weight excluding hydrogens is 936 g/mol. The van der Waals surface area contributed by atoms with Gasteiger partial charge in [0.05, 0.1) is 39.9 Å². The topological polar surface area (TPSA) is 108 Å². The molecule has 74 heavy (non-hydrogen) atoms. The van der Waals surface area contributed by atoms with Crippen LogP contribution in [0.25, 0.3) is 0 Å². The first-order valence-corrected chi connectivity index (χ1v) is 32.8. The summed E-state index contributed by atoms with van der Waals surface area (Å²) in [7, 11) is 1.25. The number of phosphoric acid groups is 1. The molecule has 0 rings (SSSR count). The fourth-order valence-electron chi connectivity index (χ4n) is 9.05. The minimum atomic E-state index is -4.61. The summed E-state index contributed by atoms with van der Waals surface area (Å²) in [4.78, 5) is 25.6. The third-order valence-corrected chi connectivity index (χ3v) is 14.9. The predicted octanol–water partition coefficient (Wildman–Crippen LogP) is 18.8. The molecule has 9 heteroatoms. The summed E-state index contributed by atoms with van der Waals surface area (Å²) < 4.78 is 23.4. The molecule has 0 fully saturated rings. The van der Waals surface area contributed by atoms with Gasteiger partial charge in [0.25, 0.3) is 7.82 Å². The number of nitrogens with zero attached hydrogens (tertiary/aromatic N) is 1. The lowest BCUT2D eigenvalue weighted by Gasteiger charge is -2.29. The Hall–Kier alpha value is -2.06. The largest absolute Gasteiger partial charge is 0.756 e. The molecule has 0 saturated carbocycles. The van der Waals surface area contributed by atoms with Crippen molar-refractivity contribution in [2.75, 3.05) is 40.9 Å². The van der Waals surface area contributed by atoms with Crippen molar-refractivity contribution in [3.8, 4) is 0 Å². The molecule has 0 aliphatic carbocycles. The van der Waals surface area contributed by atoms with Crippen LogP contribution in [0.3, 0.4) is 0 Å². The van der Waals surface area contributed by atoms with Gasteiger partial charge in [0.15, 0.2) is 0 Å². The van der Waals surface area contributed by atoms with Crippen LogP contribution in [0.4, 0.5) is 0 Å². The van der Waals surface area contributed by atoms with Gasteiger partial charge in [-0.1, -0.05) is 279 Å². The maximum absolute atomic E-state index is 13.0. The number of rotatable bonds is 57. The number of likely N-dealkylation sites (N-methyl/N-ethyl adjacent to an activating group) is 1. The van der Waals surface area contributed by atoms with Gasteiger partial charge in [0.2, 0.25) is 5.91 Å². The molecule has 2 N–H and O–H groups in total. The van der Waals surface area contributed by atoms with E-state index in [-0.39, 0.29) is 12.5 Å². The molecular formula is C65H121N2O6P. The Morgan fingerprint density at radius 2 is 0.838 bits per heavy atom. The molecule has 0 aliphatic heterocycles. The molecule has 0 heterocycles. The zero-order valence-electron chi connectivity index (χ0n) is 49.3. The van der Waals surface area contributed by atoms with E-state index in [1.165, 1.54) is 199 Å². The van der Waals surface area contributed by atoms with E-state index in [4.69, 9.17) is 9.05 Å². The van der Waals surface area contributed by atoms with Crippen molar-refractivity contribution in [1.82, 2.24) is 5.32 Å². The minimum Gasteiger partial charge on any atom is -0.756 e. The number of hydrogen-bond acceptors (Lipinski definition) is 6. The summed E-state index contributed by atoms with van der Waals surface area (Å²) in [5.41, 5.74) is 0. The average molecular weight is 1060 g/mol. The zero-order valence-corrected chi connectivity index (χ0v) is 50.2. The summed E-state index contributed by atoms with van der Waals surface area (Å²) in [6.45, 7) is 4.54. The van der Waals surface area contributed by atoms with Gasteiger partial charge in [-0.05, 0) is 70.6 Å². The molecule has 0 aliphatic rings. The molecule has 0 aromatic rings. The monoisotopic (exact) mass is 1060 g/mol. The van der Waals surface area contributed by atoms with Gasteiger partial charge < -0.3 is 28.8 Å². The standard InChI is InChI=1S/C65H121N2O6P/c1-6-8-10-12-14-16-18-20-22-24-26-28-29-30-31-32-33-34-35-36-37-39-41-43-45-47-49-51-53-55-57-59-65(69)66-63(62-73-74(70,71)72-61-60-67(3,4)5)64(68)58-56-54-52-50-48-46-44-42-40-38-27-25-23-21-19-17-15-13-11-9-7-2/h8,10,14,16,20,22,26,28,48,50,56,58,63-64,68H,6-7,9,11-13,15,17-19,21,23-25,27,29-47,49,51-55,57,59-62H2,1-5H3,(H-,66,69,70,71)/b10-8-,16-14-,22-20-,28-26-,50-48+,58-56+. The normalized spacial score (nSPS) is 14.3. The fourth-order valence-corrected chi connectivity index (χ4v) is 9.77. The number of carbonyl (C=O) groups is 1. The van der Waals surface area contributed by atoms with Crippen molar-refractivity contribution in [3.63, 3.8) is 0 Å². The van der Waals surface area contributed by atoms with E-state index in [1.807, 2.05) is 27.2 Å². The number of amides is 1. The van der Waals surface area contributed by atoms with Crippen molar-refractivity contribution in [3.05, 3.63) is 72.9 Å². The van der Waals surface area contributed by atoms with Crippen LogP contribution in [0.5, 0.6) is 0 Å². The Kier molecular flexibility index (Phi) is 54.1. The second-order valence-corrected chi connectivity index (χ2v) is 23.8. The van der Waals surface area contributed by atoms with Gasteiger partial charge >= 0.3 is 0 Å². The van der Waals surface area contributed by atoms with E-state index >= 15 is 0 Å². The Morgan fingerprint density at radius 3 is 1.26 bits per heavy atom. The molecule has 8 nitrogen and oxygen atoms in total. The van der Waals surface area contributed by atoms with Gasteiger partial charge in [0, 0.05) is 6.42 Å². The maximum Gasteiger partial charge on any atom is 0.268 e. The maximum atomic E-state index is 13.0. The molecule has 0 bridgehead atoms. The Labute approximate surface area is 459 Å². The zero-order chi connectivity index (χ0) is 54.2. The van der Waals surface area contributed by atoms with Crippen LogP contribution in [0.1, 0.15) is 284 Å². The first kappa shape index (κ1) is 71.9. The molecule has 0 aromatic heterocycles. The van der Waals surface area contributed by atoms with Crippen molar-refractivity contribution in [2.45, 2.75) is 296 Å². The summed E-state index contributed by atoms with van der Waals surface area (Å²) in [6, 6.07) is -0.906. The summed E-state index contributed by atoms with van der Waals surface area (Å²) >= 11 is 0. The van der Waals surface area contributed by atoms with Crippen LogP contribution in [-0.4, -0.2) is 68.5 Å². The second-order valence-electron chi connectivity index (χ2n) is 22.4. The highest BCUT2D eigenvalue weighted by atomic mass is 31.2. The lowest BCUT2D eigenvalue weighted by atomic mass is 10.0. The van der Waals surface area contributed by atoms with Gasteiger partial charge in [-0.2, -0.15) is 0 Å². The minimum absolute atomic E-state index is 0.00712. The van der Waals surface area contributed by atoms with Crippen LogP contribution < -0.4 is 10.2 Å². The number of phosphoric ester groups is 1. The highest BCUT2D eigenvalue weighted by molar-refractivity contribution is 7.45. The van der Waals surface area contributed by atoms with E-state index in [2.05, 4.69) is 79.9 Å². The Morgan fingerprint density at radius 1 is 0.486 bits per heavy atom. The van der Waals surface area contributed by atoms with Crippen molar-refractivity contribution in [2.24, 2.45) is 0 Å². The van der Waals surface area contributed by atoms with Crippen molar-refractivity contribution in [1.29, 1.82) is 0 Å². The van der Waals surface area contributed by atoms with Crippen LogP contribution in [-0.2, 0) is 18.4 Å². The summed E-state index contributed by atoms with van der Waals surface area (Å²) in [6.07, 6.45) is 77.1. The molecule has 0 radical (unpaired) electrons. The fraction of sp³-hybridized carbons (Fsp3) is 0.800. The average Bonchev–Trinajstić information content (AvgIpc) is 3.36. The first-order valence-electron chi connectivity index (χ1n) is 31.3. The number of carbonyl (C=O) groups excluding carboxylic acids is 1. The predicted molar refractivity (Wildman–Crippen MR) is 320 cm³/mol. The van der Waals surface area contributed by atoms with Crippen LogP contribution in [0.2, 0.25) is 0 Å². The van der Waals surface area contributed by atoms with E-state index in [1.54, 1.807) is 6.08 Å². The number of aliphatic hydroxyl groups excluding tert-OH is 1. The van der Waals surface area contributed by atoms with Gasteiger partial charge in [-0.25, -0.2) is 0 Å². The molecule has 0 spiro atoms. The van der Waals surface area contributed by atoms with Gasteiger partial charge in [-0.3, -0.25) is 9.36 Å². The smallest absolute Gasteiger partial charge is 0.268 e. The van der Waals surface area contributed by atoms with Crippen molar-refractivity contribution < 1.29 is 32.9 Å². The SMILES string of the molecule is CC/C=C\C/C=C\C/C=C\C/C=C\CCCCCCCCCCCCCCCCCCCCC(=O)NC(COP(=O)([O-])OCC[N+](C)(C)C)C(O)/C=C/CC/C=C/CCCCCCCCCCCCCCCCC. The van der Waals surface area contributed by atoms with E-state index in [0.29, 0.717) is 17.4 Å². The molecule has 0 aromatic carbocycles. The van der Waals surface area contributed by atoms with Crippen molar-refractivity contribution >= 4 is 13.7 Å². The molecule has 3 atom stereocenters. The highest BCUT2D eigenvalue weighted by Gasteiger charge is 2.23. The van der Waals surface area contributed by atoms with Gasteiger partial charge in [-0.15, -0.1) is 0 Å². The van der Waals surface area contributed by atoms with Crippen LogP contribution in [0.15, 0.2) is 72.9 Å². The lowest BCUT2D eigenvalue weighted by Crippen LogP contribution is -2.45. The van der Waals surface area contributed by atoms with E-state index in [0.717, 1.165) is 64.2 Å². The lowest BCUT2D eigenvalue weighted by molar-refractivity contribution is -0.870. The van der Waals surface area contributed by atoms with Crippen LogP contribution >= 0.6 is 7.82 Å². The Bertz CT molecular complexity index is 1430. The quantitative estimate of drug-likeness (QED) is 0.0272. The number of allylic oxidation sites excluding steroid dienone is 11. The Balaban J connectivity index is 4.13. The van der Waals surface area contributed by atoms with Crippen LogP contribution in [0, 0.1) is 0 Å². The second kappa shape index (κ2) is 55.7. The van der Waals surface area contributed by atoms with E-state index in [9.17, 15) is 19.4 Å². The van der Waals surface area contributed by atoms with Gasteiger partial charge in [0.1, 0.15) is 13.2 Å². The molecule has 0 saturated heterocycles. The number of hydrogen-bond donors (Lipinski definition) is 2. The highest BCUT2D eigenvalue weighted by Crippen LogP contribution is 2.38. The first-order chi connectivity index (χ1) is 36.0.